The number of rotatable bonds is 5. The molecule has 1 aliphatic heterocycles. The van der Waals surface area contributed by atoms with Gasteiger partial charge in [-0.3, -0.25) is 9.48 Å². The molecule has 1 aromatic heterocycles. The molecule has 0 bridgehead atoms. The van der Waals surface area contributed by atoms with E-state index in [4.69, 9.17) is 0 Å². The van der Waals surface area contributed by atoms with Crippen LogP contribution in [0.3, 0.4) is 0 Å². The van der Waals surface area contributed by atoms with Crippen LogP contribution in [0.25, 0.3) is 0 Å². The minimum Gasteiger partial charge on any atom is -0.341 e. The number of likely N-dealkylation sites (N-methyl/N-ethyl adjacent to an activating group) is 1. The second kappa shape index (κ2) is 6.88. The van der Waals surface area contributed by atoms with Crippen LogP contribution in [-0.2, 0) is 11.3 Å². The zero-order valence-electron chi connectivity index (χ0n) is 12.9. The minimum absolute atomic E-state index is 0.178. The molecule has 2 rings (SSSR count). The third-order valence-electron chi connectivity index (χ3n) is 4.06. The first-order chi connectivity index (χ1) is 9.60. The minimum atomic E-state index is 0.178. The highest BCUT2D eigenvalue weighted by Crippen LogP contribution is 2.14. The summed E-state index contributed by atoms with van der Waals surface area (Å²) in [6, 6.07) is 2.01. The van der Waals surface area contributed by atoms with Gasteiger partial charge in [-0.15, -0.1) is 0 Å². The molecule has 0 aliphatic carbocycles. The molecule has 2 heterocycles. The number of piperidine rings is 1. The van der Waals surface area contributed by atoms with E-state index in [1.54, 1.807) is 0 Å². The molecule has 0 atom stereocenters. The van der Waals surface area contributed by atoms with Gasteiger partial charge in [-0.1, -0.05) is 0 Å². The van der Waals surface area contributed by atoms with Crippen LogP contribution in [0.5, 0.6) is 0 Å². The molecule has 0 spiro atoms. The normalized spacial score (nSPS) is 16.4. The molecule has 5 nitrogen and oxygen atoms in total. The summed E-state index contributed by atoms with van der Waals surface area (Å²) in [5.41, 5.74) is 2.02. The summed E-state index contributed by atoms with van der Waals surface area (Å²) in [6.45, 7) is 10.2. The third-order valence-corrected chi connectivity index (χ3v) is 4.06. The fraction of sp³-hybridized carbons (Fsp3) is 0.733. The first kappa shape index (κ1) is 15.0. The number of hydrogen-bond acceptors (Lipinski definition) is 3. The van der Waals surface area contributed by atoms with Crippen molar-refractivity contribution in [1.82, 2.24) is 20.0 Å². The quantitative estimate of drug-likeness (QED) is 0.884. The number of nitrogens with one attached hydrogen (secondary N) is 1. The van der Waals surface area contributed by atoms with Gasteiger partial charge in [0.2, 0.25) is 5.91 Å². The van der Waals surface area contributed by atoms with Crippen molar-refractivity contribution < 1.29 is 4.79 Å². The van der Waals surface area contributed by atoms with E-state index in [9.17, 15) is 4.79 Å². The van der Waals surface area contributed by atoms with Crippen molar-refractivity contribution in [3.63, 3.8) is 0 Å². The maximum Gasteiger partial charge on any atom is 0.244 e. The average Bonchev–Trinajstić information content (AvgIpc) is 2.75. The van der Waals surface area contributed by atoms with Crippen molar-refractivity contribution in [2.45, 2.75) is 40.2 Å². The molecule has 0 aromatic carbocycles. The topological polar surface area (TPSA) is 50.2 Å². The highest BCUT2D eigenvalue weighted by molar-refractivity contribution is 5.76. The van der Waals surface area contributed by atoms with Crippen LogP contribution in [0, 0.1) is 19.8 Å². The number of nitrogens with zero attached hydrogens (tertiary/aromatic N) is 3. The Labute approximate surface area is 121 Å². The van der Waals surface area contributed by atoms with E-state index in [1.807, 2.05) is 29.5 Å². The molecule has 1 amide bonds. The maximum absolute atomic E-state index is 12.4. The number of aromatic nitrogens is 2. The Bertz CT molecular complexity index is 449. The van der Waals surface area contributed by atoms with Gasteiger partial charge in [-0.05, 0) is 58.7 Å². The molecular weight excluding hydrogens is 252 g/mol. The Balaban J connectivity index is 1.92. The molecule has 0 radical (unpaired) electrons. The summed E-state index contributed by atoms with van der Waals surface area (Å²) in [4.78, 5) is 14.4. The van der Waals surface area contributed by atoms with Crippen LogP contribution in [0.2, 0.25) is 0 Å². The largest absolute Gasteiger partial charge is 0.341 e. The molecule has 1 N–H and O–H groups in total. The molecule has 1 aromatic rings. The summed E-state index contributed by atoms with van der Waals surface area (Å²) in [5, 5.41) is 7.74. The monoisotopic (exact) mass is 278 g/mol. The van der Waals surface area contributed by atoms with E-state index in [-0.39, 0.29) is 5.91 Å². The predicted octanol–water partition coefficient (Wildman–Crippen LogP) is 1.35. The van der Waals surface area contributed by atoms with Gasteiger partial charge in [0.15, 0.2) is 0 Å². The lowest BCUT2D eigenvalue weighted by molar-refractivity contribution is -0.132. The maximum atomic E-state index is 12.4. The number of hydrogen-bond donors (Lipinski definition) is 1. The van der Waals surface area contributed by atoms with Crippen LogP contribution in [-0.4, -0.2) is 46.8 Å². The Hall–Kier alpha value is -1.36. The highest BCUT2D eigenvalue weighted by atomic mass is 16.2. The van der Waals surface area contributed by atoms with Gasteiger partial charge in [0.05, 0.1) is 5.69 Å². The van der Waals surface area contributed by atoms with Crippen molar-refractivity contribution in [3.8, 4) is 0 Å². The Morgan fingerprint density at radius 3 is 2.70 bits per heavy atom. The molecule has 20 heavy (non-hydrogen) atoms. The summed E-state index contributed by atoms with van der Waals surface area (Å²) < 4.78 is 1.81. The fourth-order valence-electron chi connectivity index (χ4n) is 2.85. The molecule has 1 aliphatic rings. The summed E-state index contributed by atoms with van der Waals surface area (Å²) in [5.74, 6) is 0.817. The predicted molar refractivity (Wildman–Crippen MR) is 79.5 cm³/mol. The summed E-state index contributed by atoms with van der Waals surface area (Å²) in [6.07, 6.45) is 2.34. The van der Waals surface area contributed by atoms with Gasteiger partial charge in [-0.2, -0.15) is 5.10 Å². The lowest BCUT2D eigenvalue weighted by Crippen LogP contribution is -2.40. The second-order valence-electron chi connectivity index (χ2n) is 5.71. The van der Waals surface area contributed by atoms with Gasteiger partial charge >= 0.3 is 0 Å². The van der Waals surface area contributed by atoms with Crippen LogP contribution < -0.4 is 5.32 Å². The van der Waals surface area contributed by atoms with E-state index in [1.165, 1.54) is 12.8 Å². The smallest absolute Gasteiger partial charge is 0.244 e. The zero-order chi connectivity index (χ0) is 14.5. The van der Waals surface area contributed by atoms with Crippen molar-refractivity contribution in [2.75, 3.05) is 26.2 Å². The van der Waals surface area contributed by atoms with Gasteiger partial charge in [-0.25, -0.2) is 0 Å². The van der Waals surface area contributed by atoms with Crippen LogP contribution in [0.15, 0.2) is 6.07 Å². The van der Waals surface area contributed by atoms with Crippen LogP contribution in [0.1, 0.15) is 31.2 Å². The first-order valence-electron chi connectivity index (χ1n) is 7.59. The van der Waals surface area contributed by atoms with Crippen LogP contribution in [0.4, 0.5) is 0 Å². The van der Waals surface area contributed by atoms with Gasteiger partial charge < -0.3 is 10.2 Å². The Morgan fingerprint density at radius 2 is 2.15 bits per heavy atom. The first-order valence-corrected chi connectivity index (χ1v) is 7.59. The van der Waals surface area contributed by atoms with Crippen molar-refractivity contribution in [1.29, 1.82) is 0 Å². The van der Waals surface area contributed by atoms with E-state index in [2.05, 4.69) is 17.3 Å². The molecule has 1 fully saturated rings. The van der Waals surface area contributed by atoms with E-state index >= 15 is 0 Å². The number of amides is 1. The zero-order valence-corrected chi connectivity index (χ0v) is 12.9. The van der Waals surface area contributed by atoms with E-state index < -0.39 is 0 Å². The molecule has 0 unspecified atom stereocenters. The lowest BCUT2D eigenvalue weighted by Gasteiger charge is -2.29. The SMILES string of the molecule is CCN(CC1CCNCC1)C(=O)Cn1nc(C)cc1C. The Kier molecular flexibility index (Phi) is 5.17. The van der Waals surface area contributed by atoms with Crippen LogP contribution >= 0.6 is 0 Å². The van der Waals surface area contributed by atoms with Gasteiger partial charge in [0.25, 0.3) is 0 Å². The number of carbonyl (C=O) groups excluding carboxylic acids is 1. The van der Waals surface area contributed by atoms with E-state index in [0.29, 0.717) is 12.5 Å². The fourth-order valence-corrected chi connectivity index (χ4v) is 2.85. The molecular formula is C15H26N4O. The summed E-state index contributed by atoms with van der Waals surface area (Å²) >= 11 is 0. The van der Waals surface area contributed by atoms with Gasteiger partial charge in [0.1, 0.15) is 6.54 Å². The number of aryl methyl sites for hydroxylation is 2. The van der Waals surface area contributed by atoms with E-state index in [0.717, 1.165) is 37.6 Å². The van der Waals surface area contributed by atoms with Gasteiger partial charge in [0, 0.05) is 18.8 Å². The highest BCUT2D eigenvalue weighted by Gasteiger charge is 2.20. The lowest BCUT2D eigenvalue weighted by atomic mass is 9.97. The molecule has 5 heteroatoms. The van der Waals surface area contributed by atoms with Crippen molar-refractivity contribution in [3.05, 3.63) is 17.5 Å². The number of carbonyl (C=O) groups is 1. The molecule has 0 saturated carbocycles. The van der Waals surface area contributed by atoms with Crippen molar-refractivity contribution >= 4 is 5.91 Å². The summed E-state index contributed by atoms with van der Waals surface area (Å²) in [7, 11) is 0. The molecule has 112 valence electrons. The standard InChI is InChI=1S/C15H26N4O/c1-4-18(10-14-5-7-16-8-6-14)15(20)11-19-13(3)9-12(2)17-19/h9,14,16H,4-8,10-11H2,1-3H3. The molecule has 1 saturated heterocycles. The third kappa shape index (κ3) is 3.82. The average molecular weight is 278 g/mol. The second-order valence-corrected chi connectivity index (χ2v) is 5.71. The van der Waals surface area contributed by atoms with Crippen molar-refractivity contribution in [2.24, 2.45) is 5.92 Å². The Morgan fingerprint density at radius 1 is 1.45 bits per heavy atom.